The fourth-order valence-electron chi connectivity index (χ4n) is 2.85. The average molecular weight is 314 g/mol. The molecule has 0 radical (unpaired) electrons. The molecule has 22 heavy (non-hydrogen) atoms. The molecule has 0 aliphatic heterocycles. The molecule has 0 heterocycles. The molecular weight excluding hydrogens is 270 g/mol. The molecular formula is C20H43NO. The van der Waals surface area contributed by atoms with Gasteiger partial charge in [0.15, 0.2) is 0 Å². The van der Waals surface area contributed by atoms with Gasteiger partial charge >= 0.3 is 0 Å². The second-order valence-electron chi connectivity index (χ2n) is 7.02. The number of likely N-dealkylation sites (N-methyl/N-ethyl adjacent to an activating group) is 1. The molecule has 0 aromatic rings. The van der Waals surface area contributed by atoms with Gasteiger partial charge in [-0.3, -0.25) is 0 Å². The Morgan fingerprint density at radius 1 is 0.682 bits per heavy atom. The molecule has 2 heteroatoms. The SMILES string of the molecule is CCCCCCCCCOCC(CCCCCCC)N(C)C. The van der Waals surface area contributed by atoms with Gasteiger partial charge < -0.3 is 9.64 Å². The highest BCUT2D eigenvalue weighted by Gasteiger charge is 2.10. The fourth-order valence-corrected chi connectivity index (χ4v) is 2.85. The summed E-state index contributed by atoms with van der Waals surface area (Å²) in [4.78, 5) is 2.34. The van der Waals surface area contributed by atoms with E-state index in [-0.39, 0.29) is 0 Å². The summed E-state index contributed by atoms with van der Waals surface area (Å²) < 4.78 is 5.92. The maximum Gasteiger partial charge on any atom is 0.0621 e. The van der Waals surface area contributed by atoms with E-state index in [4.69, 9.17) is 4.74 Å². The third kappa shape index (κ3) is 14.8. The topological polar surface area (TPSA) is 12.5 Å². The van der Waals surface area contributed by atoms with Crippen LogP contribution in [0.5, 0.6) is 0 Å². The van der Waals surface area contributed by atoms with Gasteiger partial charge in [-0.15, -0.1) is 0 Å². The molecule has 0 saturated carbocycles. The van der Waals surface area contributed by atoms with Crippen LogP contribution >= 0.6 is 0 Å². The lowest BCUT2D eigenvalue weighted by atomic mass is 10.1. The highest BCUT2D eigenvalue weighted by Crippen LogP contribution is 2.11. The van der Waals surface area contributed by atoms with Crippen LogP contribution in [-0.2, 0) is 4.74 Å². The van der Waals surface area contributed by atoms with Gasteiger partial charge in [0.05, 0.1) is 6.61 Å². The molecule has 0 rings (SSSR count). The smallest absolute Gasteiger partial charge is 0.0621 e. The molecule has 134 valence electrons. The molecule has 0 aromatic heterocycles. The molecule has 1 atom stereocenters. The van der Waals surface area contributed by atoms with Crippen LogP contribution in [0.3, 0.4) is 0 Å². The molecule has 1 unspecified atom stereocenters. The summed E-state index contributed by atoms with van der Waals surface area (Å²) in [5, 5.41) is 0. The zero-order chi connectivity index (χ0) is 16.5. The number of rotatable bonds is 17. The van der Waals surface area contributed by atoms with Gasteiger partial charge in [0, 0.05) is 12.6 Å². The maximum atomic E-state index is 5.92. The van der Waals surface area contributed by atoms with Crippen molar-refractivity contribution in [3.05, 3.63) is 0 Å². The summed E-state index contributed by atoms with van der Waals surface area (Å²) in [5.41, 5.74) is 0. The fraction of sp³-hybridized carbons (Fsp3) is 1.00. The van der Waals surface area contributed by atoms with Gasteiger partial charge in [-0.05, 0) is 26.9 Å². The molecule has 0 aliphatic rings. The summed E-state index contributed by atoms with van der Waals surface area (Å²) in [6, 6.07) is 0.603. The standard InChI is InChI=1S/C20H43NO/c1-5-7-9-11-12-14-16-18-22-19-20(21(3)4)17-15-13-10-8-6-2/h20H,5-19H2,1-4H3. The third-order valence-corrected chi connectivity index (χ3v) is 4.57. The Kier molecular flexibility index (Phi) is 17.2. The molecule has 0 amide bonds. The minimum absolute atomic E-state index is 0.603. The van der Waals surface area contributed by atoms with Crippen LogP contribution in [0.4, 0.5) is 0 Å². The van der Waals surface area contributed by atoms with Gasteiger partial charge in [-0.1, -0.05) is 84.5 Å². The Hall–Kier alpha value is -0.0800. The molecule has 0 aromatic carbocycles. The Balaban J connectivity index is 3.45. The van der Waals surface area contributed by atoms with Crippen molar-refractivity contribution in [2.24, 2.45) is 0 Å². The van der Waals surface area contributed by atoms with E-state index in [2.05, 4.69) is 32.8 Å². The lowest BCUT2D eigenvalue weighted by Gasteiger charge is -2.24. The number of unbranched alkanes of at least 4 members (excludes halogenated alkanes) is 10. The van der Waals surface area contributed by atoms with E-state index in [0.29, 0.717) is 6.04 Å². The van der Waals surface area contributed by atoms with E-state index < -0.39 is 0 Å². The van der Waals surface area contributed by atoms with Crippen LogP contribution < -0.4 is 0 Å². The average Bonchev–Trinajstić information content (AvgIpc) is 2.50. The lowest BCUT2D eigenvalue weighted by Crippen LogP contribution is -2.32. The lowest BCUT2D eigenvalue weighted by molar-refractivity contribution is 0.0721. The first-order valence-electron chi connectivity index (χ1n) is 9.96. The van der Waals surface area contributed by atoms with Crippen LogP contribution in [0.1, 0.15) is 97.3 Å². The van der Waals surface area contributed by atoms with Crippen molar-refractivity contribution >= 4 is 0 Å². The quantitative estimate of drug-likeness (QED) is 0.303. The summed E-state index contributed by atoms with van der Waals surface area (Å²) in [5.74, 6) is 0. The largest absolute Gasteiger partial charge is 0.380 e. The van der Waals surface area contributed by atoms with Crippen LogP contribution in [0.15, 0.2) is 0 Å². The Bertz CT molecular complexity index is 206. The summed E-state index contributed by atoms with van der Waals surface area (Å²) in [6.45, 7) is 6.42. The van der Waals surface area contributed by atoms with E-state index in [0.717, 1.165) is 13.2 Å². The molecule has 0 aliphatic carbocycles. The van der Waals surface area contributed by atoms with Gasteiger partial charge in [0.25, 0.3) is 0 Å². The Morgan fingerprint density at radius 2 is 1.18 bits per heavy atom. The first-order chi connectivity index (χ1) is 10.7. The van der Waals surface area contributed by atoms with Crippen molar-refractivity contribution in [1.29, 1.82) is 0 Å². The normalized spacial score (nSPS) is 13.0. The van der Waals surface area contributed by atoms with Crippen LogP contribution in [-0.4, -0.2) is 38.3 Å². The van der Waals surface area contributed by atoms with E-state index in [1.165, 1.54) is 83.5 Å². The zero-order valence-corrected chi connectivity index (χ0v) is 16.0. The second-order valence-corrected chi connectivity index (χ2v) is 7.02. The van der Waals surface area contributed by atoms with Crippen molar-refractivity contribution in [1.82, 2.24) is 4.90 Å². The predicted octanol–water partition coefficient (Wildman–Crippen LogP) is 6.04. The summed E-state index contributed by atoms with van der Waals surface area (Å²) in [6.07, 6.45) is 17.7. The number of ether oxygens (including phenoxy) is 1. The summed E-state index contributed by atoms with van der Waals surface area (Å²) >= 11 is 0. The van der Waals surface area contributed by atoms with Crippen molar-refractivity contribution in [2.45, 2.75) is 103 Å². The van der Waals surface area contributed by atoms with Crippen LogP contribution in [0, 0.1) is 0 Å². The van der Waals surface area contributed by atoms with E-state index in [9.17, 15) is 0 Å². The monoisotopic (exact) mass is 313 g/mol. The van der Waals surface area contributed by atoms with Crippen molar-refractivity contribution in [3.8, 4) is 0 Å². The molecule has 0 spiro atoms. The van der Waals surface area contributed by atoms with Gasteiger partial charge in [-0.2, -0.15) is 0 Å². The van der Waals surface area contributed by atoms with E-state index >= 15 is 0 Å². The second kappa shape index (κ2) is 17.3. The van der Waals surface area contributed by atoms with Crippen molar-refractivity contribution in [3.63, 3.8) is 0 Å². The first-order valence-corrected chi connectivity index (χ1v) is 9.96. The molecule has 0 fully saturated rings. The number of hydrogen-bond donors (Lipinski definition) is 0. The van der Waals surface area contributed by atoms with Crippen molar-refractivity contribution in [2.75, 3.05) is 27.3 Å². The molecule has 0 bridgehead atoms. The van der Waals surface area contributed by atoms with Gasteiger partial charge in [0.1, 0.15) is 0 Å². The maximum absolute atomic E-state index is 5.92. The minimum atomic E-state index is 0.603. The molecule has 0 saturated heterocycles. The molecule has 2 nitrogen and oxygen atoms in total. The van der Waals surface area contributed by atoms with Crippen LogP contribution in [0.25, 0.3) is 0 Å². The highest BCUT2D eigenvalue weighted by molar-refractivity contribution is 4.65. The van der Waals surface area contributed by atoms with Crippen LogP contribution in [0.2, 0.25) is 0 Å². The minimum Gasteiger partial charge on any atom is -0.380 e. The predicted molar refractivity (Wildman–Crippen MR) is 99.7 cm³/mol. The Labute approximate surface area is 141 Å². The van der Waals surface area contributed by atoms with Gasteiger partial charge in [-0.25, -0.2) is 0 Å². The number of hydrogen-bond acceptors (Lipinski definition) is 2. The Morgan fingerprint density at radius 3 is 1.73 bits per heavy atom. The van der Waals surface area contributed by atoms with E-state index in [1.54, 1.807) is 0 Å². The highest BCUT2D eigenvalue weighted by atomic mass is 16.5. The third-order valence-electron chi connectivity index (χ3n) is 4.57. The summed E-state index contributed by atoms with van der Waals surface area (Å²) in [7, 11) is 4.38. The number of nitrogens with zero attached hydrogens (tertiary/aromatic N) is 1. The molecule has 0 N–H and O–H groups in total. The first kappa shape index (κ1) is 21.9. The zero-order valence-electron chi connectivity index (χ0n) is 16.0. The van der Waals surface area contributed by atoms with E-state index in [1.807, 2.05) is 0 Å². The van der Waals surface area contributed by atoms with Crippen molar-refractivity contribution < 1.29 is 4.74 Å². The van der Waals surface area contributed by atoms with Gasteiger partial charge in [0.2, 0.25) is 0 Å².